The van der Waals surface area contributed by atoms with Crippen LogP contribution in [0.2, 0.25) is 0 Å². The number of hydrogen-bond donors (Lipinski definition) is 1. The summed E-state index contributed by atoms with van der Waals surface area (Å²) in [7, 11) is 0. The van der Waals surface area contributed by atoms with Crippen molar-refractivity contribution in [3.63, 3.8) is 0 Å². The zero-order valence-corrected chi connectivity index (χ0v) is 12.0. The van der Waals surface area contributed by atoms with Gasteiger partial charge in [-0.1, -0.05) is 42.5 Å². The topological polar surface area (TPSA) is 21.3 Å². The van der Waals surface area contributed by atoms with Gasteiger partial charge in [0.1, 0.15) is 0 Å². The summed E-state index contributed by atoms with van der Waals surface area (Å²) in [6, 6.07) is 15.8. The van der Waals surface area contributed by atoms with Crippen molar-refractivity contribution < 1.29 is 9.13 Å². The first kappa shape index (κ1) is 14.1. The van der Waals surface area contributed by atoms with Crippen molar-refractivity contribution in [1.82, 2.24) is 5.32 Å². The van der Waals surface area contributed by atoms with E-state index in [1.807, 2.05) is 24.3 Å². The van der Waals surface area contributed by atoms with E-state index in [1.165, 1.54) is 24.5 Å². The predicted octanol–water partition coefficient (Wildman–Crippen LogP) is 3.70. The quantitative estimate of drug-likeness (QED) is 0.837. The third-order valence-corrected chi connectivity index (χ3v) is 3.69. The lowest BCUT2D eigenvalue weighted by Crippen LogP contribution is -2.16. The lowest BCUT2D eigenvalue weighted by atomic mass is 10.1. The molecule has 1 fully saturated rings. The van der Waals surface area contributed by atoms with Crippen molar-refractivity contribution in [2.24, 2.45) is 0 Å². The van der Waals surface area contributed by atoms with Gasteiger partial charge in [0.25, 0.3) is 0 Å². The molecule has 0 amide bonds. The van der Waals surface area contributed by atoms with E-state index in [-0.39, 0.29) is 5.82 Å². The largest absolute Gasteiger partial charge is 0.490 e. The van der Waals surface area contributed by atoms with E-state index in [0.29, 0.717) is 24.9 Å². The average Bonchev–Trinajstić information content (AvgIpc) is 3.33. The van der Waals surface area contributed by atoms with Crippen LogP contribution in [0, 0.1) is 5.82 Å². The summed E-state index contributed by atoms with van der Waals surface area (Å²) in [5, 5.41) is 3.40. The third-order valence-electron chi connectivity index (χ3n) is 3.69. The van der Waals surface area contributed by atoms with Crippen molar-refractivity contribution in [2.75, 3.05) is 6.61 Å². The second kappa shape index (κ2) is 6.72. The molecule has 2 aromatic rings. The highest BCUT2D eigenvalue weighted by atomic mass is 19.1. The zero-order chi connectivity index (χ0) is 14.5. The summed E-state index contributed by atoms with van der Waals surface area (Å²) in [6.07, 6.45) is 3.23. The van der Waals surface area contributed by atoms with Crippen LogP contribution in [0.3, 0.4) is 0 Å². The van der Waals surface area contributed by atoms with Crippen molar-refractivity contribution in [3.8, 4) is 5.75 Å². The third kappa shape index (κ3) is 4.05. The molecule has 3 heteroatoms. The molecule has 1 aliphatic rings. The van der Waals surface area contributed by atoms with E-state index in [4.69, 9.17) is 4.74 Å². The van der Waals surface area contributed by atoms with Crippen molar-refractivity contribution in [2.45, 2.75) is 31.8 Å². The first-order chi connectivity index (χ1) is 10.3. The van der Waals surface area contributed by atoms with Gasteiger partial charge in [-0.15, -0.1) is 0 Å². The number of hydrogen-bond acceptors (Lipinski definition) is 2. The van der Waals surface area contributed by atoms with Crippen LogP contribution in [0.1, 0.15) is 24.0 Å². The first-order valence-electron chi connectivity index (χ1n) is 7.50. The number of nitrogens with one attached hydrogen (secondary N) is 1. The molecular weight excluding hydrogens is 265 g/mol. The molecule has 1 N–H and O–H groups in total. The average molecular weight is 285 g/mol. The molecule has 0 heterocycles. The Morgan fingerprint density at radius 2 is 1.86 bits per heavy atom. The second-order valence-electron chi connectivity index (χ2n) is 5.47. The first-order valence-corrected chi connectivity index (χ1v) is 7.50. The van der Waals surface area contributed by atoms with Gasteiger partial charge >= 0.3 is 0 Å². The Morgan fingerprint density at radius 3 is 2.62 bits per heavy atom. The number of ether oxygens (including phenoxy) is 1. The minimum absolute atomic E-state index is 0.279. The van der Waals surface area contributed by atoms with Gasteiger partial charge in [0.05, 0.1) is 6.61 Å². The van der Waals surface area contributed by atoms with Crippen LogP contribution in [0.5, 0.6) is 5.75 Å². The molecule has 3 rings (SSSR count). The van der Waals surface area contributed by atoms with E-state index < -0.39 is 0 Å². The smallest absolute Gasteiger partial charge is 0.165 e. The zero-order valence-electron chi connectivity index (χ0n) is 12.0. The van der Waals surface area contributed by atoms with Crippen LogP contribution in [-0.2, 0) is 13.0 Å². The maximum absolute atomic E-state index is 14.0. The minimum Gasteiger partial charge on any atom is -0.490 e. The van der Waals surface area contributed by atoms with Crippen LogP contribution >= 0.6 is 0 Å². The summed E-state index contributed by atoms with van der Waals surface area (Å²) in [6.45, 7) is 1.16. The number of benzene rings is 2. The van der Waals surface area contributed by atoms with E-state index in [9.17, 15) is 4.39 Å². The summed E-state index contributed by atoms with van der Waals surface area (Å²) >= 11 is 0. The Balaban J connectivity index is 1.60. The Labute approximate surface area is 125 Å². The summed E-state index contributed by atoms with van der Waals surface area (Å²) in [4.78, 5) is 0. The molecule has 0 unspecified atom stereocenters. The highest BCUT2D eigenvalue weighted by Crippen LogP contribution is 2.25. The molecule has 0 aliphatic heterocycles. The fraction of sp³-hybridized carbons (Fsp3) is 0.333. The van der Waals surface area contributed by atoms with Gasteiger partial charge in [0.2, 0.25) is 0 Å². The van der Waals surface area contributed by atoms with E-state index >= 15 is 0 Å². The Bertz CT molecular complexity index is 581. The summed E-state index contributed by atoms with van der Waals surface area (Å²) < 4.78 is 19.7. The van der Waals surface area contributed by atoms with Crippen molar-refractivity contribution in [3.05, 3.63) is 65.5 Å². The molecule has 0 spiro atoms. The standard InChI is InChI=1S/C18H20FNO/c19-17-8-4-7-15(13-20-16-9-10-16)18(17)21-12-11-14-5-2-1-3-6-14/h1-8,16,20H,9-13H2. The number of para-hydroxylation sites is 1. The molecule has 21 heavy (non-hydrogen) atoms. The highest BCUT2D eigenvalue weighted by molar-refractivity contribution is 5.35. The fourth-order valence-electron chi connectivity index (χ4n) is 2.31. The predicted molar refractivity (Wildman–Crippen MR) is 81.9 cm³/mol. The van der Waals surface area contributed by atoms with Crippen LogP contribution in [0.15, 0.2) is 48.5 Å². The fourth-order valence-corrected chi connectivity index (χ4v) is 2.31. The van der Waals surface area contributed by atoms with Gasteiger partial charge in [-0.05, 0) is 24.5 Å². The molecule has 1 aliphatic carbocycles. The van der Waals surface area contributed by atoms with Crippen LogP contribution in [-0.4, -0.2) is 12.6 Å². The van der Waals surface area contributed by atoms with Gasteiger partial charge in [0, 0.05) is 24.6 Å². The molecule has 2 nitrogen and oxygen atoms in total. The molecule has 110 valence electrons. The normalized spacial score (nSPS) is 14.1. The van der Waals surface area contributed by atoms with Gasteiger partial charge in [-0.3, -0.25) is 0 Å². The molecule has 0 saturated heterocycles. The molecule has 1 saturated carbocycles. The molecule has 0 bridgehead atoms. The molecule has 0 atom stereocenters. The van der Waals surface area contributed by atoms with Crippen molar-refractivity contribution in [1.29, 1.82) is 0 Å². The van der Waals surface area contributed by atoms with E-state index in [0.717, 1.165) is 12.0 Å². The second-order valence-corrected chi connectivity index (χ2v) is 5.47. The number of halogens is 1. The van der Waals surface area contributed by atoms with Gasteiger partial charge in [-0.25, -0.2) is 4.39 Å². The van der Waals surface area contributed by atoms with Gasteiger partial charge in [0.15, 0.2) is 11.6 Å². The highest BCUT2D eigenvalue weighted by Gasteiger charge is 2.21. The maximum atomic E-state index is 14.0. The Morgan fingerprint density at radius 1 is 1.05 bits per heavy atom. The molecule has 0 aromatic heterocycles. The maximum Gasteiger partial charge on any atom is 0.165 e. The minimum atomic E-state index is -0.279. The summed E-state index contributed by atoms with van der Waals surface area (Å²) in [5.41, 5.74) is 2.10. The van der Waals surface area contributed by atoms with E-state index in [2.05, 4.69) is 17.4 Å². The molecule has 2 aromatic carbocycles. The molecular formula is C18H20FNO. The lowest BCUT2D eigenvalue weighted by Gasteiger charge is -2.13. The monoisotopic (exact) mass is 285 g/mol. The molecule has 0 radical (unpaired) electrons. The Kier molecular flexibility index (Phi) is 4.51. The van der Waals surface area contributed by atoms with Crippen LogP contribution in [0.4, 0.5) is 4.39 Å². The van der Waals surface area contributed by atoms with Crippen LogP contribution < -0.4 is 10.1 Å². The van der Waals surface area contributed by atoms with Gasteiger partial charge < -0.3 is 10.1 Å². The van der Waals surface area contributed by atoms with E-state index in [1.54, 1.807) is 6.07 Å². The van der Waals surface area contributed by atoms with Crippen LogP contribution in [0.25, 0.3) is 0 Å². The van der Waals surface area contributed by atoms with Crippen molar-refractivity contribution >= 4 is 0 Å². The SMILES string of the molecule is Fc1cccc(CNC2CC2)c1OCCc1ccccc1. The lowest BCUT2D eigenvalue weighted by molar-refractivity contribution is 0.301. The Hall–Kier alpha value is -1.87. The number of rotatable bonds is 7. The van der Waals surface area contributed by atoms with Gasteiger partial charge in [-0.2, -0.15) is 0 Å². The summed E-state index contributed by atoms with van der Waals surface area (Å²) in [5.74, 6) is 0.111.